The van der Waals surface area contributed by atoms with Gasteiger partial charge < -0.3 is 10.5 Å². The monoisotopic (exact) mass is 236 g/mol. The van der Waals surface area contributed by atoms with Crippen LogP contribution in [0.15, 0.2) is 0 Å². The van der Waals surface area contributed by atoms with Crippen LogP contribution in [0.4, 0.5) is 0 Å². The van der Waals surface area contributed by atoms with E-state index in [1.807, 2.05) is 0 Å². The Kier molecular flexibility index (Phi) is 4.06. The molecule has 0 saturated carbocycles. The van der Waals surface area contributed by atoms with E-state index < -0.39 is 21.7 Å². The fraction of sp³-hybridized carbons (Fsp3) is 0.875. The lowest BCUT2D eigenvalue weighted by Crippen LogP contribution is -2.34. The number of methoxy groups -OCH3 is 1. The first-order valence-corrected chi connectivity index (χ1v) is 6.35. The molecule has 1 rings (SSSR count). The van der Waals surface area contributed by atoms with E-state index in [4.69, 9.17) is 5.73 Å². The summed E-state index contributed by atoms with van der Waals surface area (Å²) in [6, 6.07) is 0. The fourth-order valence-electron chi connectivity index (χ4n) is 1.54. The van der Waals surface area contributed by atoms with E-state index in [2.05, 4.69) is 4.74 Å². The Morgan fingerprint density at radius 3 is 2.73 bits per heavy atom. The first-order valence-electron chi connectivity index (χ1n) is 4.74. The molecule has 15 heavy (non-hydrogen) atoms. The number of rotatable bonds is 4. The second-order valence-corrected chi connectivity index (χ2v) is 5.55. The normalized spacial score (nSPS) is 22.9. The number of carbonyl (C=O) groups is 1. The average Bonchev–Trinajstić information content (AvgIpc) is 2.65. The molecule has 0 aliphatic carbocycles. The van der Waals surface area contributed by atoms with Crippen LogP contribution in [0, 0.1) is 5.92 Å². The Balaban J connectivity index is 2.60. The van der Waals surface area contributed by atoms with Crippen LogP contribution < -0.4 is 5.73 Å². The molecule has 0 aromatic rings. The van der Waals surface area contributed by atoms with Crippen molar-refractivity contribution in [3.05, 3.63) is 0 Å². The van der Waals surface area contributed by atoms with Crippen molar-refractivity contribution in [3.63, 3.8) is 0 Å². The second kappa shape index (κ2) is 4.91. The summed E-state index contributed by atoms with van der Waals surface area (Å²) in [5.41, 5.74) is 5.45. The van der Waals surface area contributed by atoms with E-state index in [-0.39, 0.29) is 5.92 Å². The van der Waals surface area contributed by atoms with E-state index >= 15 is 0 Å². The summed E-state index contributed by atoms with van der Waals surface area (Å²) in [4.78, 5) is 10.9. The third-order valence-electron chi connectivity index (χ3n) is 2.50. The highest BCUT2D eigenvalue weighted by Crippen LogP contribution is 2.18. The van der Waals surface area contributed by atoms with Crippen LogP contribution in [0.3, 0.4) is 0 Å². The fourth-order valence-corrected chi connectivity index (χ4v) is 2.96. The van der Waals surface area contributed by atoms with Gasteiger partial charge in [-0.15, -0.1) is 0 Å². The number of hydrogen-bond donors (Lipinski definition) is 1. The lowest BCUT2D eigenvalue weighted by Gasteiger charge is -2.15. The highest BCUT2D eigenvalue weighted by molar-refractivity contribution is 7.89. The molecule has 1 unspecified atom stereocenters. The Hall–Kier alpha value is -0.660. The number of hydrogen-bond acceptors (Lipinski definition) is 5. The summed E-state index contributed by atoms with van der Waals surface area (Å²) in [5, 5.41) is 0. The van der Waals surface area contributed by atoms with E-state index in [0.29, 0.717) is 19.6 Å². The van der Waals surface area contributed by atoms with Gasteiger partial charge in [-0.3, -0.25) is 4.79 Å². The van der Waals surface area contributed by atoms with Crippen molar-refractivity contribution in [1.82, 2.24) is 4.31 Å². The molecule has 1 atom stereocenters. The van der Waals surface area contributed by atoms with E-state index in [1.54, 1.807) is 0 Å². The number of ether oxygens (including phenoxy) is 1. The quantitative estimate of drug-likeness (QED) is 0.617. The van der Waals surface area contributed by atoms with Crippen LogP contribution in [-0.2, 0) is 19.6 Å². The van der Waals surface area contributed by atoms with E-state index in [9.17, 15) is 13.2 Å². The van der Waals surface area contributed by atoms with Crippen molar-refractivity contribution in [2.45, 2.75) is 6.42 Å². The summed E-state index contributed by atoms with van der Waals surface area (Å²) >= 11 is 0. The van der Waals surface area contributed by atoms with Crippen LogP contribution >= 0.6 is 0 Å². The van der Waals surface area contributed by atoms with Crippen molar-refractivity contribution in [2.75, 3.05) is 32.5 Å². The van der Waals surface area contributed by atoms with Gasteiger partial charge in [-0.25, -0.2) is 12.7 Å². The smallest absolute Gasteiger partial charge is 0.322 e. The predicted octanol–water partition coefficient (Wildman–Crippen LogP) is -1.23. The van der Waals surface area contributed by atoms with Gasteiger partial charge in [-0.05, 0) is 18.9 Å². The molecule has 0 radical (unpaired) electrons. The molecule has 0 aromatic carbocycles. The molecule has 1 saturated heterocycles. The minimum Gasteiger partial charge on any atom is -0.468 e. The molecule has 6 nitrogen and oxygen atoms in total. The van der Waals surface area contributed by atoms with Gasteiger partial charge in [0, 0.05) is 13.1 Å². The van der Waals surface area contributed by atoms with E-state index in [0.717, 1.165) is 6.42 Å². The van der Waals surface area contributed by atoms with E-state index in [1.165, 1.54) is 11.4 Å². The molecule has 7 heteroatoms. The number of esters is 1. The predicted molar refractivity (Wildman–Crippen MR) is 54.5 cm³/mol. The molecular weight excluding hydrogens is 220 g/mol. The van der Waals surface area contributed by atoms with Crippen molar-refractivity contribution in [2.24, 2.45) is 11.7 Å². The minimum absolute atomic E-state index is 0.206. The molecule has 1 heterocycles. The highest BCUT2D eigenvalue weighted by atomic mass is 32.2. The van der Waals surface area contributed by atoms with Gasteiger partial charge in [-0.1, -0.05) is 0 Å². The summed E-state index contributed by atoms with van der Waals surface area (Å²) in [5.74, 6) is -1.11. The Bertz CT molecular complexity index is 328. The Morgan fingerprint density at radius 2 is 2.27 bits per heavy atom. The zero-order valence-electron chi connectivity index (χ0n) is 8.68. The summed E-state index contributed by atoms with van der Waals surface area (Å²) in [7, 11) is -2.34. The molecule has 1 aliphatic rings. The summed E-state index contributed by atoms with van der Waals surface area (Å²) in [6.07, 6.45) is 0.761. The van der Waals surface area contributed by atoms with Gasteiger partial charge in [0.2, 0.25) is 10.0 Å². The van der Waals surface area contributed by atoms with Gasteiger partial charge >= 0.3 is 5.97 Å². The number of nitrogens with zero attached hydrogens (tertiary/aromatic N) is 1. The maximum Gasteiger partial charge on any atom is 0.322 e. The van der Waals surface area contributed by atoms with Crippen LogP contribution in [0.1, 0.15) is 6.42 Å². The lowest BCUT2D eigenvalue weighted by atomic mass is 10.1. The summed E-state index contributed by atoms with van der Waals surface area (Å²) in [6.45, 7) is 1.33. The number of nitrogens with two attached hydrogens (primary N) is 1. The van der Waals surface area contributed by atoms with Gasteiger partial charge in [0.1, 0.15) is 0 Å². The van der Waals surface area contributed by atoms with Crippen LogP contribution in [0.25, 0.3) is 0 Å². The molecule has 0 amide bonds. The zero-order chi connectivity index (χ0) is 11.5. The first-order chi connectivity index (χ1) is 6.99. The van der Waals surface area contributed by atoms with Gasteiger partial charge in [0.15, 0.2) is 5.75 Å². The highest BCUT2D eigenvalue weighted by Gasteiger charge is 2.32. The number of sulfonamides is 1. The third-order valence-corrected chi connectivity index (χ3v) is 4.22. The van der Waals surface area contributed by atoms with Crippen molar-refractivity contribution in [1.29, 1.82) is 0 Å². The average molecular weight is 236 g/mol. The summed E-state index contributed by atoms with van der Waals surface area (Å²) < 4.78 is 28.9. The van der Waals surface area contributed by atoms with Crippen LogP contribution in [0.5, 0.6) is 0 Å². The van der Waals surface area contributed by atoms with Gasteiger partial charge in [-0.2, -0.15) is 0 Å². The molecule has 1 fully saturated rings. The Morgan fingerprint density at radius 1 is 1.60 bits per heavy atom. The Labute approximate surface area is 89.4 Å². The maximum absolute atomic E-state index is 11.6. The van der Waals surface area contributed by atoms with Gasteiger partial charge in [0.25, 0.3) is 0 Å². The molecule has 0 spiro atoms. The minimum atomic E-state index is -3.51. The lowest BCUT2D eigenvalue weighted by molar-refractivity contribution is -0.137. The standard InChI is InChI=1S/C8H16N2O4S/c1-14-8(11)6-15(12,13)10-3-2-7(4-9)5-10/h7H,2-6,9H2,1H3. The van der Waals surface area contributed by atoms with Crippen LogP contribution in [-0.4, -0.2) is 51.2 Å². The second-order valence-electron chi connectivity index (χ2n) is 3.58. The third kappa shape index (κ3) is 3.15. The number of carbonyl (C=O) groups excluding carboxylic acids is 1. The molecule has 2 N–H and O–H groups in total. The van der Waals surface area contributed by atoms with Crippen molar-refractivity contribution in [3.8, 4) is 0 Å². The van der Waals surface area contributed by atoms with Crippen molar-refractivity contribution >= 4 is 16.0 Å². The molecule has 0 aromatic heterocycles. The topological polar surface area (TPSA) is 89.7 Å². The first kappa shape index (κ1) is 12.4. The molecule has 1 aliphatic heterocycles. The zero-order valence-corrected chi connectivity index (χ0v) is 9.50. The van der Waals surface area contributed by atoms with Crippen molar-refractivity contribution < 1.29 is 17.9 Å². The molecular formula is C8H16N2O4S. The van der Waals surface area contributed by atoms with Crippen LogP contribution in [0.2, 0.25) is 0 Å². The maximum atomic E-state index is 11.6. The largest absolute Gasteiger partial charge is 0.468 e. The molecule has 88 valence electrons. The molecule has 0 bridgehead atoms. The SMILES string of the molecule is COC(=O)CS(=O)(=O)N1CCC(CN)C1. The van der Waals surface area contributed by atoms with Gasteiger partial charge in [0.05, 0.1) is 7.11 Å².